The Morgan fingerprint density at radius 2 is 2.04 bits per heavy atom. The topological polar surface area (TPSA) is 92.7 Å². The van der Waals surface area contributed by atoms with Crippen LogP contribution >= 0.6 is 0 Å². The van der Waals surface area contributed by atoms with E-state index in [1.807, 2.05) is 13.0 Å². The molecule has 4 rings (SSSR count). The van der Waals surface area contributed by atoms with Crippen molar-refractivity contribution in [2.24, 2.45) is 5.92 Å². The van der Waals surface area contributed by atoms with E-state index in [2.05, 4.69) is 20.4 Å². The third kappa shape index (κ3) is 4.28. The van der Waals surface area contributed by atoms with Gasteiger partial charge in [-0.05, 0) is 31.6 Å². The molecule has 2 aliphatic rings. The van der Waals surface area contributed by atoms with E-state index >= 15 is 0 Å². The highest BCUT2D eigenvalue weighted by Crippen LogP contribution is 2.40. The van der Waals surface area contributed by atoms with E-state index in [-0.39, 0.29) is 11.5 Å². The molecule has 0 atom stereocenters. The fourth-order valence-corrected chi connectivity index (χ4v) is 3.84. The average molecular weight is 369 g/mol. The molecule has 0 aromatic carbocycles. The van der Waals surface area contributed by atoms with Crippen LogP contribution in [0.5, 0.6) is 0 Å². The molecule has 144 valence electrons. The first kappa shape index (κ1) is 17.9. The Hall–Kier alpha value is -2.44. The van der Waals surface area contributed by atoms with Gasteiger partial charge in [-0.2, -0.15) is 9.78 Å². The Morgan fingerprint density at radius 3 is 2.74 bits per heavy atom. The Balaban J connectivity index is 1.55. The molecule has 0 aliphatic heterocycles. The predicted molar refractivity (Wildman–Crippen MR) is 103 cm³/mol. The number of hydrogen-bond donors (Lipinski definition) is 2. The van der Waals surface area contributed by atoms with Gasteiger partial charge in [-0.3, -0.25) is 14.6 Å². The molecular weight excluding hydrogens is 342 g/mol. The standard InChI is InChI=1S/C20H27N5O2/c1-2-15-11-19(27)23-20(21-15)25-17(12-16(24-25)14-8-9-14)22-18(26)10-7-13-5-3-4-6-13/h11-14H,2-10H2,1H3,(H,22,26)(H,21,23,27). The van der Waals surface area contributed by atoms with Gasteiger partial charge in [0.05, 0.1) is 5.69 Å². The maximum atomic E-state index is 12.5. The molecule has 0 saturated heterocycles. The highest BCUT2D eigenvalue weighted by Gasteiger charge is 2.28. The molecule has 7 nitrogen and oxygen atoms in total. The molecule has 2 saturated carbocycles. The van der Waals surface area contributed by atoms with Crippen LogP contribution in [0.4, 0.5) is 5.82 Å². The van der Waals surface area contributed by atoms with Gasteiger partial charge in [0, 0.05) is 30.2 Å². The average Bonchev–Trinajstić information content (AvgIpc) is 3.21. The van der Waals surface area contributed by atoms with E-state index in [9.17, 15) is 9.59 Å². The first-order valence-corrected chi connectivity index (χ1v) is 10.1. The molecule has 2 heterocycles. The van der Waals surface area contributed by atoms with E-state index in [1.165, 1.54) is 31.7 Å². The van der Waals surface area contributed by atoms with Crippen LogP contribution in [0, 0.1) is 5.92 Å². The number of carbonyl (C=O) groups is 1. The first-order valence-electron chi connectivity index (χ1n) is 10.1. The van der Waals surface area contributed by atoms with E-state index in [4.69, 9.17) is 0 Å². The van der Waals surface area contributed by atoms with Gasteiger partial charge < -0.3 is 5.32 Å². The van der Waals surface area contributed by atoms with E-state index in [0.717, 1.165) is 25.0 Å². The number of H-pyrrole nitrogens is 1. The van der Waals surface area contributed by atoms with Crippen molar-refractivity contribution in [2.45, 2.75) is 70.6 Å². The fourth-order valence-electron chi connectivity index (χ4n) is 3.84. The quantitative estimate of drug-likeness (QED) is 0.783. The summed E-state index contributed by atoms with van der Waals surface area (Å²) in [6.07, 6.45) is 9.42. The maximum absolute atomic E-state index is 12.5. The van der Waals surface area contributed by atoms with Gasteiger partial charge in [-0.25, -0.2) is 4.98 Å². The van der Waals surface area contributed by atoms with Crippen LogP contribution in [-0.2, 0) is 11.2 Å². The molecule has 2 aliphatic carbocycles. The summed E-state index contributed by atoms with van der Waals surface area (Å²) in [5.41, 5.74) is 1.44. The summed E-state index contributed by atoms with van der Waals surface area (Å²) in [5.74, 6) is 2.07. The van der Waals surface area contributed by atoms with Crippen LogP contribution in [0.1, 0.15) is 75.6 Å². The summed E-state index contributed by atoms with van der Waals surface area (Å²) in [5, 5.41) is 7.61. The molecule has 1 amide bonds. The number of amides is 1. The minimum Gasteiger partial charge on any atom is -0.310 e. The minimum absolute atomic E-state index is 0.000565. The van der Waals surface area contributed by atoms with Crippen LogP contribution in [0.25, 0.3) is 5.95 Å². The third-order valence-corrected chi connectivity index (χ3v) is 5.59. The molecular formula is C20H27N5O2. The van der Waals surface area contributed by atoms with Crippen LogP contribution < -0.4 is 10.9 Å². The number of nitrogens with zero attached hydrogens (tertiary/aromatic N) is 3. The zero-order valence-electron chi connectivity index (χ0n) is 15.8. The lowest BCUT2D eigenvalue weighted by Gasteiger charge is -2.10. The molecule has 27 heavy (non-hydrogen) atoms. The molecule has 2 N–H and O–H groups in total. The van der Waals surface area contributed by atoms with Gasteiger partial charge in [0.2, 0.25) is 11.9 Å². The number of hydrogen-bond acceptors (Lipinski definition) is 4. The van der Waals surface area contributed by atoms with Gasteiger partial charge in [-0.1, -0.05) is 32.6 Å². The summed E-state index contributed by atoms with van der Waals surface area (Å²) in [7, 11) is 0. The van der Waals surface area contributed by atoms with Crippen molar-refractivity contribution in [3.8, 4) is 5.95 Å². The lowest BCUT2D eigenvalue weighted by Crippen LogP contribution is -2.19. The van der Waals surface area contributed by atoms with Crippen LogP contribution in [0.2, 0.25) is 0 Å². The number of carbonyl (C=O) groups excluding carboxylic acids is 1. The summed E-state index contributed by atoms with van der Waals surface area (Å²) in [6.45, 7) is 1.95. The molecule has 0 unspecified atom stereocenters. The van der Waals surface area contributed by atoms with E-state index < -0.39 is 0 Å². The lowest BCUT2D eigenvalue weighted by atomic mass is 10.0. The van der Waals surface area contributed by atoms with Gasteiger partial charge in [0.1, 0.15) is 5.82 Å². The number of aromatic amines is 1. The molecule has 2 aromatic rings. The minimum atomic E-state index is -0.209. The summed E-state index contributed by atoms with van der Waals surface area (Å²) in [6, 6.07) is 3.42. The first-order chi connectivity index (χ1) is 13.1. The van der Waals surface area contributed by atoms with Crippen molar-refractivity contribution in [1.82, 2.24) is 19.7 Å². The van der Waals surface area contributed by atoms with Gasteiger partial charge in [-0.15, -0.1) is 0 Å². The maximum Gasteiger partial charge on any atom is 0.252 e. The fraction of sp³-hybridized carbons (Fsp3) is 0.600. The lowest BCUT2D eigenvalue weighted by molar-refractivity contribution is -0.116. The van der Waals surface area contributed by atoms with Crippen molar-refractivity contribution in [1.29, 1.82) is 0 Å². The number of aromatic nitrogens is 4. The van der Waals surface area contributed by atoms with Gasteiger partial charge >= 0.3 is 0 Å². The van der Waals surface area contributed by atoms with Gasteiger partial charge in [0.15, 0.2) is 0 Å². The monoisotopic (exact) mass is 369 g/mol. The predicted octanol–water partition coefficient (Wildman–Crippen LogP) is 3.30. The van der Waals surface area contributed by atoms with Crippen molar-refractivity contribution >= 4 is 11.7 Å². The molecule has 0 radical (unpaired) electrons. The Bertz CT molecular complexity index is 875. The zero-order valence-corrected chi connectivity index (χ0v) is 15.8. The number of rotatable bonds is 7. The number of aryl methyl sites for hydroxylation is 1. The Kier molecular flexibility index (Phi) is 5.09. The van der Waals surface area contributed by atoms with Crippen molar-refractivity contribution in [2.75, 3.05) is 5.32 Å². The van der Waals surface area contributed by atoms with Gasteiger partial charge in [0.25, 0.3) is 5.56 Å². The molecule has 0 bridgehead atoms. The Labute approximate surface area is 158 Å². The largest absolute Gasteiger partial charge is 0.310 e. The van der Waals surface area contributed by atoms with Crippen LogP contribution in [0.3, 0.4) is 0 Å². The second-order valence-electron chi connectivity index (χ2n) is 7.79. The SMILES string of the molecule is CCc1cc(=O)[nH]c(-n2nc(C3CC3)cc2NC(=O)CCC2CCCC2)n1. The molecule has 7 heteroatoms. The number of anilines is 1. The van der Waals surface area contributed by atoms with Crippen molar-refractivity contribution < 1.29 is 4.79 Å². The summed E-state index contributed by atoms with van der Waals surface area (Å²) >= 11 is 0. The Morgan fingerprint density at radius 1 is 1.26 bits per heavy atom. The zero-order chi connectivity index (χ0) is 18.8. The second kappa shape index (κ2) is 7.66. The highest BCUT2D eigenvalue weighted by atomic mass is 16.1. The van der Waals surface area contributed by atoms with Crippen LogP contribution in [-0.4, -0.2) is 25.7 Å². The van der Waals surface area contributed by atoms with E-state index in [1.54, 1.807) is 4.68 Å². The van der Waals surface area contributed by atoms with Crippen LogP contribution in [0.15, 0.2) is 16.9 Å². The van der Waals surface area contributed by atoms with Crippen molar-refractivity contribution in [3.63, 3.8) is 0 Å². The second-order valence-corrected chi connectivity index (χ2v) is 7.79. The highest BCUT2D eigenvalue weighted by molar-refractivity contribution is 5.90. The molecule has 2 aromatic heterocycles. The van der Waals surface area contributed by atoms with Crippen molar-refractivity contribution in [3.05, 3.63) is 33.9 Å². The smallest absolute Gasteiger partial charge is 0.252 e. The molecule has 2 fully saturated rings. The van der Waals surface area contributed by atoms with E-state index in [0.29, 0.717) is 42.1 Å². The summed E-state index contributed by atoms with van der Waals surface area (Å²) in [4.78, 5) is 31.7. The normalized spacial score (nSPS) is 17.4. The third-order valence-electron chi connectivity index (χ3n) is 5.59. The number of nitrogens with one attached hydrogen (secondary N) is 2. The summed E-state index contributed by atoms with van der Waals surface area (Å²) < 4.78 is 1.57. The molecule has 0 spiro atoms.